The van der Waals surface area contributed by atoms with Crippen molar-refractivity contribution in [2.75, 3.05) is 27.2 Å². The van der Waals surface area contributed by atoms with Gasteiger partial charge in [-0.3, -0.25) is 4.79 Å². The van der Waals surface area contributed by atoms with Crippen LogP contribution in [0, 0.1) is 5.82 Å². The van der Waals surface area contributed by atoms with Crippen LogP contribution < -0.4 is 4.74 Å². The van der Waals surface area contributed by atoms with Crippen LogP contribution >= 0.6 is 0 Å². The first-order valence-corrected chi connectivity index (χ1v) is 6.21. The predicted molar refractivity (Wildman–Crippen MR) is 67.7 cm³/mol. The molecule has 1 aromatic rings. The molecule has 0 amide bonds. The van der Waals surface area contributed by atoms with E-state index in [2.05, 4.69) is 0 Å². The minimum Gasteiger partial charge on any atom is -0.493 e. The number of nitrogens with zero attached hydrogens (tertiary/aromatic N) is 1. The van der Waals surface area contributed by atoms with Crippen LogP contribution in [-0.2, 0) is 6.42 Å². The summed E-state index contributed by atoms with van der Waals surface area (Å²) in [5, 5.41) is 0. The second-order valence-electron chi connectivity index (χ2n) is 4.91. The third-order valence-corrected chi connectivity index (χ3v) is 2.98. The van der Waals surface area contributed by atoms with Crippen LogP contribution in [0.1, 0.15) is 28.8 Å². The molecular weight excluding hydrogens is 233 g/mol. The first-order valence-electron chi connectivity index (χ1n) is 6.21. The first kappa shape index (κ1) is 13.0. The lowest BCUT2D eigenvalue weighted by Gasteiger charge is -2.14. The molecule has 0 fully saturated rings. The molecule has 0 aliphatic carbocycles. The second kappa shape index (κ2) is 5.48. The Morgan fingerprint density at radius 3 is 2.89 bits per heavy atom. The van der Waals surface area contributed by atoms with Gasteiger partial charge in [0.25, 0.3) is 0 Å². The number of hydrogen-bond donors (Lipinski definition) is 0. The monoisotopic (exact) mass is 251 g/mol. The molecule has 1 aliphatic heterocycles. The Bertz CT molecular complexity index is 457. The van der Waals surface area contributed by atoms with E-state index in [0.29, 0.717) is 17.9 Å². The van der Waals surface area contributed by atoms with Gasteiger partial charge in [0.15, 0.2) is 5.78 Å². The third kappa shape index (κ3) is 2.88. The number of ether oxygens (including phenoxy) is 1. The molecule has 2 rings (SSSR count). The second-order valence-corrected chi connectivity index (χ2v) is 4.91. The summed E-state index contributed by atoms with van der Waals surface area (Å²) in [5.41, 5.74) is 1.19. The smallest absolute Gasteiger partial charge is 0.180 e. The Morgan fingerprint density at radius 1 is 1.39 bits per heavy atom. The topological polar surface area (TPSA) is 29.5 Å². The zero-order chi connectivity index (χ0) is 13.1. The molecule has 0 saturated heterocycles. The molecule has 4 heteroatoms. The van der Waals surface area contributed by atoms with Crippen molar-refractivity contribution in [1.82, 2.24) is 4.90 Å². The number of aryl methyl sites for hydroxylation is 1. The first-order chi connectivity index (χ1) is 8.58. The number of carbonyl (C=O) groups excluding carboxylic acids is 1. The number of ketones is 1. The Balaban J connectivity index is 2.39. The summed E-state index contributed by atoms with van der Waals surface area (Å²) in [6.45, 7) is 0.861. The van der Waals surface area contributed by atoms with E-state index in [-0.39, 0.29) is 18.1 Å². The van der Waals surface area contributed by atoms with E-state index in [9.17, 15) is 9.18 Å². The van der Waals surface area contributed by atoms with Gasteiger partial charge in [0.05, 0.1) is 18.7 Å². The van der Waals surface area contributed by atoms with Crippen LogP contribution in [0.3, 0.4) is 0 Å². The summed E-state index contributed by atoms with van der Waals surface area (Å²) >= 11 is 0. The highest BCUT2D eigenvalue weighted by molar-refractivity contribution is 6.00. The lowest BCUT2D eigenvalue weighted by Crippen LogP contribution is -2.22. The van der Waals surface area contributed by atoms with Gasteiger partial charge in [-0.25, -0.2) is 4.39 Å². The van der Waals surface area contributed by atoms with E-state index in [1.807, 2.05) is 14.1 Å². The number of rotatable bonds is 3. The summed E-state index contributed by atoms with van der Waals surface area (Å²) in [6, 6.07) is 2.77. The number of likely N-dealkylation sites (N-methyl/N-ethyl adjacent to an activating group) is 1. The molecule has 0 aromatic heterocycles. The SMILES string of the molecule is CN(C)CC(=O)c1cc(F)cc2c1OCCCC2. The van der Waals surface area contributed by atoms with Crippen molar-refractivity contribution in [3.8, 4) is 5.75 Å². The van der Waals surface area contributed by atoms with Crippen molar-refractivity contribution in [2.45, 2.75) is 19.3 Å². The Labute approximate surface area is 107 Å². The molecule has 18 heavy (non-hydrogen) atoms. The Kier molecular flexibility index (Phi) is 3.97. The van der Waals surface area contributed by atoms with Crippen LogP contribution in [0.2, 0.25) is 0 Å². The molecule has 0 atom stereocenters. The maximum Gasteiger partial charge on any atom is 0.180 e. The standard InChI is InChI=1S/C14H18FNO2/c1-16(2)9-13(17)12-8-11(15)7-10-5-3-4-6-18-14(10)12/h7-8H,3-6,9H2,1-2H3. The van der Waals surface area contributed by atoms with E-state index in [1.54, 1.807) is 4.90 Å². The predicted octanol–water partition coefficient (Wildman–Crippen LogP) is 2.29. The van der Waals surface area contributed by atoms with Crippen molar-refractivity contribution in [3.63, 3.8) is 0 Å². The highest BCUT2D eigenvalue weighted by Crippen LogP contribution is 2.30. The summed E-state index contributed by atoms with van der Waals surface area (Å²) in [4.78, 5) is 13.9. The van der Waals surface area contributed by atoms with Crippen LogP contribution in [-0.4, -0.2) is 37.9 Å². The van der Waals surface area contributed by atoms with Gasteiger partial charge in [-0.05, 0) is 51.1 Å². The zero-order valence-corrected chi connectivity index (χ0v) is 10.8. The maximum absolute atomic E-state index is 13.6. The van der Waals surface area contributed by atoms with Gasteiger partial charge < -0.3 is 9.64 Å². The number of Topliss-reactive ketones (excluding diaryl/α,β-unsaturated/α-hetero) is 1. The average molecular weight is 251 g/mol. The van der Waals surface area contributed by atoms with Crippen LogP contribution in [0.15, 0.2) is 12.1 Å². The molecule has 0 radical (unpaired) electrons. The van der Waals surface area contributed by atoms with Gasteiger partial charge in [0, 0.05) is 0 Å². The van der Waals surface area contributed by atoms with Crippen molar-refractivity contribution in [2.24, 2.45) is 0 Å². The minimum atomic E-state index is -0.360. The molecule has 0 bridgehead atoms. The molecule has 3 nitrogen and oxygen atoms in total. The van der Waals surface area contributed by atoms with Crippen LogP contribution in [0.25, 0.3) is 0 Å². The molecular formula is C14H18FNO2. The van der Waals surface area contributed by atoms with Gasteiger partial charge >= 0.3 is 0 Å². The van der Waals surface area contributed by atoms with Crippen molar-refractivity contribution in [1.29, 1.82) is 0 Å². The molecule has 0 N–H and O–H groups in total. The highest BCUT2D eigenvalue weighted by Gasteiger charge is 2.20. The molecule has 1 heterocycles. The summed E-state index contributed by atoms with van der Waals surface area (Å²) in [6.07, 6.45) is 2.69. The van der Waals surface area contributed by atoms with Gasteiger partial charge in [-0.15, -0.1) is 0 Å². The van der Waals surface area contributed by atoms with Gasteiger partial charge in [0.2, 0.25) is 0 Å². The van der Waals surface area contributed by atoms with Crippen LogP contribution in [0.5, 0.6) is 5.75 Å². The van der Waals surface area contributed by atoms with Crippen LogP contribution in [0.4, 0.5) is 4.39 Å². The lowest BCUT2D eigenvalue weighted by atomic mass is 10.0. The molecule has 0 unspecified atom stereocenters. The fourth-order valence-corrected chi connectivity index (χ4v) is 2.18. The van der Waals surface area contributed by atoms with Gasteiger partial charge in [-0.1, -0.05) is 0 Å². The lowest BCUT2D eigenvalue weighted by molar-refractivity contribution is 0.0953. The number of fused-ring (bicyclic) bond motifs is 1. The van der Waals surface area contributed by atoms with E-state index >= 15 is 0 Å². The van der Waals surface area contributed by atoms with Gasteiger partial charge in [-0.2, -0.15) is 0 Å². The summed E-state index contributed by atoms with van der Waals surface area (Å²) in [7, 11) is 3.63. The number of carbonyl (C=O) groups is 1. The van der Waals surface area contributed by atoms with Crippen molar-refractivity contribution < 1.29 is 13.9 Å². The molecule has 1 aromatic carbocycles. The van der Waals surface area contributed by atoms with E-state index in [1.165, 1.54) is 12.1 Å². The quantitative estimate of drug-likeness (QED) is 0.772. The average Bonchev–Trinajstić information content (AvgIpc) is 2.51. The molecule has 0 spiro atoms. The largest absolute Gasteiger partial charge is 0.493 e. The van der Waals surface area contributed by atoms with E-state index < -0.39 is 0 Å². The Hall–Kier alpha value is -1.42. The number of hydrogen-bond acceptors (Lipinski definition) is 3. The zero-order valence-electron chi connectivity index (χ0n) is 10.8. The summed E-state index contributed by atoms with van der Waals surface area (Å²) in [5.74, 6) is 0.125. The highest BCUT2D eigenvalue weighted by atomic mass is 19.1. The molecule has 1 aliphatic rings. The van der Waals surface area contributed by atoms with E-state index in [0.717, 1.165) is 24.8 Å². The third-order valence-electron chi connectivity index (χ3n) is 2.98. The van der Waals surface area contributed by atoms with Crippen molar-refractivity contribution >= 4 is 5.78 Å². The minimum absolute atomic E-state index is 0.0994. The van der Waals surface area contributed by atoms with Crippen molar-refractivity contribution in [3.05, 3.63) is 29.1 Å². The molecule has 98 valence electrons. The number of halogens is 1. The maximum atomic E-state index is 13.6. The summed E-state index contributed by atoms with van der Waals surface area (Å²) < 4.78 is 19.2. The van der Waals surface area contributed by atoms with E-state index in [4.69, 9.17) is 4.74 Å². The van der Waals surface area contributed by atoms with Gasteiger partial charge in [0.1, 0.15) is 11.6 Å². The Morgan fingerprint density at radius 2 is 2.17 bits per heavy atom. The molecule has 0 saturated carbocycles. The fourth-order valence-electron chi connectivity index (χ4n) is 2.18. The fraction of sp³-hybridized carbons (Fsp3) is 0.500. The number of benzene rings is 1. The normalized spacial score (nSPS) is 14.9.